The number of nitrogen functional groups attached to an aromatic ring is 1. The highest BCUT2D eigenvalue weighted by Gasteiger charge is 2.07. The van der Waals surface area contributed by atoms with Gasteiger partial charge in [0.15, 0.2) is 5.16 Å². The van der Waals surface area contributed by atoms with Crippen LogP contribution in [0.25, 0.3) is 5.95 Å². The first-order chi connectivity index (χ1) is 10.2. The summed E-state index contributed by atoms with van der Waals surface area (Å²) < 4.78 is 1.70. The Morgan fingerprint density at radius 2 is 2.05 bits per heavy atom. The maximum Gasteiger partial charge on any atom is 0.240 e. The molecule has 0 aliphatic carbocycles. The minimum absolute atomic E-state index is 0.209. The number of thioether (sulfide) groups is 1. The van der Waals surface area contributed by atoms with Gasteiger partial charge >= 0.3 is 0 Å². The molecule has 1 aromatic carbocycles. The van der Waals surface area contributed by atoms with Crippen molar-refractivity contribution in [2.45, 2.75) is 17.8 Å². The van der Waals surface area contributed by atoms with E-state index >= 15 is 0 Å². The van der Waals surface area contributed by atoms with Gasteiger partial charge in [0.05, 0.1) is 0 Å². The number of anilines is 1. The summed E-state index contributed by atoms with van der Waals surface area (Å²) in [7, 11) is 0. The molecular formula is C14H14N6S. The second-order valence-electron chi connectivity index (χ2n) is 4.46. The van der Waals surface area contributed by atoms with E-state index < -0.39 is 0 Å². The molecule has 106 valence electrons. The first-order valence-electron chi connectivity index (χ1n) is 6.39. The summed E-state index contributed by atoms with van der Waals surface area (Å²) in [5.41, 5.74) is 8.26. The maximum absolute atomic E-state index is 5.76. The van der Waals surface area contributed by atoms with Crippen LogP contribution in [0.15, 0.2) is 48.1 Å². The number of nitrogens with zero attached hydrogens (tertiary/aromatic N) is 5. The van der Waals surface area contributed by atoms with Crippen LogP contribution in [-0.2, 0) is 5.75 Å². The predicted molar refractivity (Wildman–Crippen MR) is 82.1 cm³/mol. The number of aromatic nitrogens is 5. The second kappa shape index (κ2) is 5.92. The van der Waals surface area contributed by atoms with Gasteiger partial charge in [-0.1, -0.05) is 36.0 Å². The van der Waals surface area contributed by atoms with E-state index in [0.29, 0.717) is 11.1 Å². The zero-order valence-electron chi connectivity index (χ0n) is 11.5. The van der Waals surface area contributed by atoms with Gasteiger partial charge in [-0.3, -0.25) is 4.57 Å². The van der Waals surface area contributed by atoms with Gasteiger partial charge in [-0.05, 0) is 18.1 Å². The molecule has 0 unspecified atom stereocenters. The van der Waals surface area contributed by atoms with Crippen molar-refractivity contribution in [3.8, 4) is 5.95 Å². The molecule has 0 bridgehead atoms. The van der Waals surface area contributed by atoms with E-state index in [2.05, 4.69) is 39.0 Å². The molecule has 0 amide bonds. The summed E-state index contributed by atoms with van der Waals surface area (Å²) in [6, 6.07) is 8.25. The Morgan fingerprint density at radius 1 is 1.19 bits per heavy atom. The van der Waals surface area contributed by atoms with Crippen LogP contribution < -0.4 is 5.73 Å². The Morgan fingerprint density at radius 3 is 2.81 bits per heavy atom. The number of aryl methyl sites for hydroxylation is 1. The summed E-state index contributed by atoms with van der Waals surface area (Å²) in [5.74, 6) is 1.48. The highest BCUT2D eigenvalue weighted by Crippen LogP contribution is 2.22. The Hall–Kier alpha value is -2.41. The number of nitrogens with two attached hydrogens (primary N) is 1. The fourth-order valence-electron chi connectivity index (χ4n) is 1.83. The molecule has 0 saturated carbocycles. The average molecular weight is 298 g/mol. The van der Waals surface area contributed by atoms with Crippen LogP contribution >= 0.6 is 11.8 Å². The van der Waals surface area contributed by atoms with E-state index in [1.165, 1.54) is 22.9 Å². The van der Waals surface area contributed by atoms with Gasteiger partial charge in [0.1, 0.15) is 6.33 Å². The third-order valence-electron chi connectivity index (χ3n) is 2.97. The van der Waals surface area contributed by atoms with Gasteiger partial charge in [0, 0.05) is 18.1 Å². The van der Waals surface area contributed by atoms with Crippen molar-refractivity contribution in [2.24, 2.45) is 0 Å². The van der Waals surface area contributed by atoms with Gasteiger partial charge in [-0.15, -0.1) is 0 Å². The maximum atomic E-state index is 5.76. The molecule has 0 radical (unpaired) electrons. The van der Waals surface area contributed by atoms with Crippen molar-refractivity contribution < 1.29 is 0 Å². The van der Waals surface area contributed by atoms with Crippen LogP contribution in [0.2, 0.25) is 0 Å². The summed E-state index contributed by atoms with van der Waals surface area (Å²) in [4.78, 5) is 16.7. The molecular weight excluding hydrogens is 284 g/mol. The van der Waals surface area contributed by atoms with E-state index in [0.717, 1.165) is 5.75 Å². The molecule has 2 N–H and O–H groups in total. The van der Waals surface area contributed by atoms with Crippen molar-refractivity contribution in [3.05, 3.63) is 54.1 Å². The lowest BCUT2D eigenvalue weighted by Crippen LogP contribution is -2.06. The number of rotatable bonds is 4. The molecule has 2 aromatic heterocycles. The first kappa shape index (κ1) is 13.6. The lowest BCUT2D eigenvalue weighted by atomic mass is 10.1. The van der Waals surface area contributed by atoms with Crippen LogP contribution in [0, 0.1) is 6.92 Å². The zero-order chi connectivity index (χ0) is 14.7. The lowest BCUT2D eigenvalue weighted by molar-refractivity contribution is 0.832. The molecule has 0 saturated heterocycles. The number of hydrogen-bond acceptors (Lipinski definition) is 6. The number of hydrogen-bond donors (Lipinski definition) is 1. The number of benzene rings is 1. The Labute approximate surface area is 126 Å². The first-order valence-corrected chi connectivity index (χ1v) is 7.38. The van der Waals surface area contributed by atoms with E-state index in [4.69, 9.17) is 5.73 Å². The molecule has 3 rings (SSSR count). The molecule has 0 atom stereocenters. The summed E-state index contributed by atoms with van der Waals surface area (Å²) in [6.07, 6.45) is 5.06. The molecule has 0 spiro atoms. The monoisotopic (exact) mass is 298 g/mol. The predicted octanol–water partition coefficient (Wildman–Crippen LogP) is 2.24. The van der Waals surface area contributed by atoms with Crippen LogP contribution in [0.1, 0.15) is 11.1 Å². The van der Waals surface area contributed by atoms with E-state index in [9.17, 15) is 0 Å². The minimum Gasteiger partial charge on any atom is -0.368 e. The molecule has 2 heterocycles. The van der Waals surface area contributed by atoms with Gasteiger partial charge < -0.3 is 5.73 Å². The van der Waals surface area contributed by atoms with Crippen molar-refractivity contribution in [1.82, 2.24) is 24.5 Å². The standard InChI is InChI=1S/C14H14N6S/c1-10-4-2-3-5-11(10)8-21-14-18-12(15)17-13(19-14)20-7-6-16-9-20/h2-7,9H,8H2,1H3,(H2,15,17,18,19). The molecule has 0 aliphatic rings. The Kier molecular flexibility index (Phi) is 3.83. The van der Waals surface area contributed by atoms with E-state index in [1.54, 1.807) is 23.3 Å². The molecule has 7 heteroatoms. The molecule has 6 nitrogen and oxygen atoms in total. The number of imidazole rings is 1. The molecule has 3 aromatic rings. The van der Waals surface area contributed by atoms with E-state index in [-0.39, 0.29) is 5.95 Å². The molecule has 0 aliphatic heterocycles. The fraction of sp³-hybridized carbons (Fsp3) is 0.143. The van der Waals surface area contributed by atoms with Crippen LogP contribution in [0.3, 0.4) is 0 Å². The zero-order valence-corrected chi connectivity index (χ0v) is 12.3. The van der Waals surface area contributed by atoms with Crippen molar-refractivity contribution >= 4 is 17.7 Å². The van der Waals surface area contributed by atoms with Crippen LogP contribution in [-0.4, -0.2) is 24.5 Å². The van der Waals surface area contributed by atoms with Gasteiger partial charge in [0.2, 0.25) is 11.9 Å². The third-order valence-corrected chi connectivity index (χ3v) is 3.87. The minimum atomic E-state index is 0.209. The van der Waals surface area contributed by atoms with E-state index in [1.807, 2.05) is 12.1 Å². The topological polar surface area (TPSA) is 82.5 Å². The summed E-state index contributed by atoms with van der Waals surface area (Å²) in [5, 5.41) is 0.606. The van der Waals surface area contributed by atoms with Gasteiger partial charge in [-0.2, -0.15) is 15.0 Å². The Bertz CT molecular complexity index is 741. The largest absolute Gasteiger partial charge is 0.368 e. The summed E-state index contributed by atoms with van der Waals surface area (Å²) in [6.45, 7) is 2.09. The van der Waals surface area contributed by atoms with Crippen molar-refractivity contribution in [2.75, 3.05) is 5.73 Å². The normalized spacial score (nSPS) is 10.7. The second-order valence-corrected chi connectivity index (χ2v) is 5.40. The SMILES string of the molecule is Cc1ccccc1CSc1nc(N)nc(-n2ccnc2)n1. The fourth-order valence-corrected chi connectivity index (χ4v) is 2.75. The van der Waals surface area contributed by atoms with Gasteiger partial charge in [-0.25, -0.2) is 4.98 Å². The smallest absolute Gasteiger partial charge is 0.240 e. The van der Waals surface area contributed by atoms with Crippen LogP contribution in [0.4, 0.5) is 5.95 Å². The van der Waals surface area contributed by atoms with Crippen molar-refractivity contribution in [3.63, 3.8) is 0 Å². The molecule has 0 fully saturated rings. The van der Waals surface area contributed by atoms with Crippen molar-refractivity contribution in [1.29, 1.82) is 0 Å². The molecule has 21 heavy (non-hydrogen) atoms. The quantitative estimate of drug-likeness (QED) is 0.744. The lowest BCUT2D eigenvalue weighted by Gasteiger charge is -2.06. The highest BCUT2D eigenvalue weighted by atomic mass is 32.2. The summed E-state index contributed by atoms with van der Waals surface area (Å²) >= 11 is 1.54. The van der Waals surface area contributed by atoms with Gasteiger partial charge in [0.25, 0.3) is 0 Å². The average Bonchev–Trinajstić information content (AvgIpc) is 3.00. The van der Waals surface area contributed by atoms with Crippen LogP contribution in [0.5, 0.6) is 0 Å². The third kappa shape index (κ3) is 3.19. The Balaban J connectivity index is 1.81. The highest BCUT2D eigenvalue weighted by molar-refractivity contribution is 7.98.